The van der Waals surface area contributed by atoms with Gasteiger partial charge in [0.1, 0.15) is 5.78 Å². The number of aliphatic hydroxyl groups is 1. The highest BCUT2D eigenvalue weighted by Gasteiger charge is 2.56. The van der Waals surface area contributed by atoms with E-state index in [-0.39, 0.29) is 12.3 Å². The minimum Gasteiger partial charge on any atom is -0.375 e. The van der Waals surface area contributed by atoms with E-state index in [1.165, 1.54) is 0 Å². The summed E-state index contributed by atoms with van der Waals surface area (Å²) in [5.41, 5.74) is 0.197. The molecule has 2 aromatic rings. The molecule has 1 saturated carbocycles. The van der Waals surface area contributed by atoms with Crippen LogP contribution in [0.25, 0.3) is 0 Å². The monoisotopic (exact) mass is 383 g/mol. The van der Waals surface area contributed by atoms with E-state index in [9.17, 15) is 14.7 Å². The van der Waals surface area contributed by atoms with Gasteiger partial charge in [-0.15, -0.1) is 0 Å². The van der Waals surface area contributed by atoms with Crippen LogP contribution < -0.4 is 4.90 Å². The van der Waals surface area contributed by atoms with Crippen molar-refractivity contribution in [1.82, 2.24) is 0 Å². The molecule has 1 aliphatic carbocycles. The Morgan fingerprint density at radius 2 is 1.78 bits per heavy atom. The van der Waals surface area contributed by atoms with Crippen LogP contribution in [0.1, 0.15) is 43.2 Å². The number of carbonyl (C=O) groups is 2. The third-order valence-corrected chi connectivity index (χ3v) is 6.14. The minimum absolute atomic E-state index is 0.0160. The Morgan fingerprint density at radius 1 is 1.04 bits per heavy atom. The lowest BCUT2D eigenvalue weighted by Crippen LogP contribution is -2.48. The van der Waals surface area contributed by atoms with Gasteiger partial charge in [0.15, 0.2) is 5.60 Å². The molecule has 1 fully saturated rings. The molecule has 1 aliphatic heterocycles. The molecular formula is C22H22ClNO3. The van der Waals surface area contributed by atoms with Gasteiger partial charge in [-0.1, -0.05) is 60.8 Å². The topological polar surface area (TPSA) is 57.6 Å². The third-order valence-electron chi connectivity index (χ3n) is 5.77. The summed E-state index contributed by atoms with van der Waals surface area (Å²) in [6.07, 6.45) is 3.59. The van der Waals surface area contributed by atoms with Crippen LogP contribution >= 0.6 is 11.6 Å². The van der Waals surface area contributed by atoms with Crippen LogP contribution in [0, 0.1) is 5.92 Å². The van der Waals surface area contributed by atoms with Gasteiger partial charge in [-0.2, -0.15) is 0 Å². The number of fused-ring (bicyclic) bond motifs is 1. The van der Waals surface area contributed by atoms with Crippen molar-refractivity contribution in [2.45, 2.75) is 44.2 Å². The average Bonchev–Trinajstić information content (AvgIpc) is 2.82. The number of hydrogen-bond acceptors (Lipinski definition) is 3. The number of carbonyl (C=O) groups excluding carboxylic acids is 2. The lowest BCUT2D eigenvalue weighted by atomic mass is 9.77. The molecule has 0 spiro atoms. The summed E-state index contributed by atoms with van der Waals surface area (Å²) in [5, 5.41) is 12.2. The number of nitrogens with zero attached hydrogens (tertiary/aromatic N) is 1. The maximum Gasteiger partial charge on any atom is 0.264 e. The van der Waals surface area contributed by atoms with E-state index in [4.69, 9.17) is 11.6 Å². The molecule has 0 aromatic heterocycles. The van der Waals surface area contributed by atoms with Crippen LogP contribution in [-0.4, -0.2) is 16.8 Å². The summed E-state index contributed by atoms with van der Waals surface area (Å²) in [7, 11) is 0. The lowest BCUT2D eigenvalue weighted by Gasteiger charge is -2.30. The van der Waals surface area contributed by atoms with Gasteiger partial charge in [0.05, 0.1) is 18.2 Å². The number of halogens is 1. The van der Waals surface area contributed by atoms with Crippen molar-refractivity contribution in [3.8, 4) is 0 Å². The quantitative estimate of drug-likeness (QED) is 0.807. The molecule has 2 unspecified atom stereocenters. The Morgan fingerprint density at radius 3 is 2.59 bits per heavy atom. The molecule has 2 atom stereocenters. The van der Waals surface area contributed by atoms with E-state index < -0.39 is 17.4 Å². The molecule has 140 valence electrons. The molecule has 2 aliphatic rings. The number of amides is 1. The first-order chi connectivity index (χ1) is 13.0. The fourth-order valence-corrected chi connectivity index (χ4v) is 4.55. The molecule has 1 heterocycles. The number of rotatable bonds is 3. The average molecular weight is 384 g/mol. The first kappa shape index (κ1) is 18.2. The van der Waals surface area contributed by atoms with E-state index in [2.05, 4.69) is 0 Å². The van der Waals surface area contributed by atoms with E-state index in [1.54, 1.807) is 23.1 Å². The Kier molecular flexibility index (Phi) is 4.79. The van der Waals surface area contributed by atoms with Gasteiger partial charge in [0.25, 0.3) is 5.91 Å². The lowest BCUT2D eigenvalue weighted by molar-refractivity contribution is -0.150. The predicted molar refractivity (Wildman–Crippen MR) is 105 cm³/mol. The number of anilines is 1. The van der Waals surface area contributed by atoms with E-state index >= 15 is 0 Å². The Labute approximate surface area is 163 Å². The predicted octanol–water partition coefficient (Wildman–Crippen LogP) is 4.22. The fourth-order valence-electron chi connectivity index (χ4n) is 4.35. The fraction of sp³-hybridized carbons (Fsp3) is 0.364. The summed E-state index contributed by atoms with van der Waals surface area (Å²) in [4.78, 5) is 27.7. The van der Waals surface area contributed by atoms with E-state index in [0.29, 0.717) is 29.1 Å². The molecule has 4 rings (SSSR count). The molecule has 1 N–H and O–H groups in total. The molecule has 0 saturated heterocycles. The van der Waals surface area contributed by atoms with Gasteiger partial charge < -0.3 is 10.0 Å². The van der Waals surface area contributed by atoms with Crippen molar-refractivity contribution >= 4 is 29.0 Å². The van der Waals surface area contributed by atoms with Crippen molar-refractivity contribution in [2.75, 3.05) is 4.90 Å². The minimum atomic E-state index is -1.79. The summed E-state index contributed by atoms with van der Waals surface area (Å²) < 4.78 is 0. The van der Waals surface area contributed by atoms with Crippen LogP contribution in [-0.2, 0) is 21.7 Å². The summed E-state index contributed by atoms with van der Waals surface area (Å²) in [5.74, 6) is -1.13. The molecule has 0 radical (unpaired) electrons. The van der Waals surface area contributed by atoms with Gasteiger partial charge in [0, 0.05) is 17.0 Å². The second-order valence-electron chi connectivity index (χ2n) is 7.38. The molecule has 2 aromatic carbocycles. The van der Waals surface area contributed by atoms with E-state index in [0.717, 1.165) is 24.8 Å². The van der Waals surface area contributed by atoms with Gasteiger partial charge >= 0.3 is 0 Å². The first-order valence-corrected chi connectivity index (χ1v) is 9.81. The van der Waals surface area contributed by atoms with Crippen LogP contribution in [0.4, 0.5) is 5.69 Å². The second kappa shape index (κ2) is 7.10. The zero-order chi connectivity index (χ0) is 19.0. The van der Waals surface area contributed by atoms with Crippen molar-refractivity contribution < 1.29 is 14.7 Å². The van der Waals surface area contributed by atoms with Gasteiger partial charge in [-0.3, -0.25) is 9.59 Å². The van der Waals surface area contributed by atoms with Crippen molar-refractivity contribution in [2.24, 2.45) is 5.92 Å². The number of benzene rings is 2. The largest absolute Gasteiger partial charge is 0.375 e. The second-order valence-corrected chi connectivity index (χ2v) is 7.79. The summed E-state index contributed by atoms with van der Waals surface area (Å²) >= 11 is 6.29. The highest BCUT2D eigenvalue weighted by Crippen LogP contribution is 2.48. The Bertz CT molecular complexity index is 897. The molecular weight excluding hydrogens is 362 g/mol. The highest BCUT2D eigenvalue weighted by atomic mass is 35.5. The van der Waals surface area contributed by atoms with Crippen molar-refractivity contribution in [1.29, 1.82) is 0 Å². The summed E-state index contributed by atoms with van der Waals surface area (Å²) in [6, 6.07) is 14.6. The maximum absolute atomic E-state index is 13.4. The van der Waals surface area contributed by atoms with Crippen molar-refractivity contribution in [3.05, 3.63) is 64.7 Å². The van der Waals surface area contributed by atoms with Crippen LogP contribution in [0.15, 0.2) is 48.5 Å². The Hall–Kier alpha value is -2.17. The number of Topliss-reactive ketones (excluding diaryl/α,β-unsaturated/α-hetero) is 1. The normalized spacial score (nSPS) is 25.4. The molecule has 1 amide bonds. The van der Waals surface area contributed by atoms with Gasteiger partial charge in [0.2, 0.25) is 0 Å². The van der Waals surface area contributed by atoms with Crippen LogP contribution in [0.2, 0.25) is 5.02 Å². The SMILES string of the molecule is O=C1CCCCCC1C1(O)C(=O)N(Cc2ccccc2Cl)c2ccccc21. The standard InChI is InChI=1S/C22H22ClNO3/c23-18-11-6-4-8-15(18)14-24-19-12-7-5-9-16(19)22(27,21(24)26)17-10-2-1-3-13-20(17)25/h4-9,11-12,17,27H,1-3,10,13-14H2. The highest BCUT2D eigenvalue weighted by molar-refractivity contribution is 6.31. The maximum atomic E-state index is 13.4. The Balaban J connectivity index is 1.77. The zero-order valence-electron chi connectivity index (χ0n) is 15.0. The molecule has 0 bridgehead atoms. The molecule has 27 heavy (non-hydrogen) atoms. The van der Waals surface area contributed by atoms with Crippen molar-refractivity contribution in [3.63, 3.8) is 0 Å². The third kappa shape index (κ3) is 2.97. The number of hydrogen-bond donors (Lipinski definition) is 1. The molecule has 4 nitrogen and oxygen atoms in total. The van der Waals surface area contributed by atoms with Crippen LogP contribution in [0.5, 0.6) is 0 Å². The van der Waals surface area contributed by atoms with Crippen LogP contribution in [0.3, 0.4) is 0 Å². The zero-order valence-corrected chi connectivity index (χ0v) is 15.8. The summed E-state index contributed by atoms with van der Waals surface area (Å²) in [6.45, 7) is 0.263. The number of para-hydroxylation sites is 1. The first-order valence-electron chi connectivity index (χ1n) is 9.43. The molecule has 5 heteroatoms. The smallest absolute Gasteiger partial charge is 0.264 e. The van der Waals surface area contributed by atoms with E-state index in [1.807, 2.05) is 30.3 Å². The van der Waals surface area contributed by atoms with Gasteiger partial charge in [-0.25, -0.2) is 0 Å². The number of ketones is 1. The van der Waals surface area contributed by atoms with Gasteiger partial charge in [-0.05, 0) is 30.5 Å².